The minimum Gasteiger partial charge on any atom is -0.385 e. The van der Waals surface area contributed by atoms with Crippen LogP contribution in [-0.2, 0) is 6.42 Å². The van der Waals surface area contributed by atoms with Crippen LogP contribution in [0.5, 0.6) is 0 Å². The molecule has 1 N–H and O–H groups in total. The maximum absolute atomic E-state index is 4.31. The highest BCUT2D eigenvalue weighted by Gasteiger charge is 2.09. The molecule has 2 heterocycles. The third-order valence-corrected chi connectivity index (χ3v) is 2.90. The van der Waals surface area contributed by atoms with Gasteiger partial charge in [0.25, 0.3) is 0 Å². The third-order valence-electron chi connectivity index (χ3n) is 2.90. The van der Waals surface area contributed by atoms with Gasteiger partial charge >= 0.3 is 0 Å². The van der Waals surface area contributed by atoms with Crippen molar-refractivity contribution in [1.29, 1.82) is 0 Å². The van der Waals surface area contributed by atoms with Gasteiger partial charge in [0.2, 0.25) is 0 Å². The quantitative estimate of drug-likeness (QED) is 0.788. The van der Waals surface area contributed by atoms with Gasteiger partial charge in [-0.25, -0.2) is 9.67 Å². The topological polar surface area (TPSA) is 42.7 Å². The highest BCUT2D eigenvalue weighted by molar-refractivity contribution is 5.58. The van der Waals surface area contributed by atoms with E-state index >= 15 is 0 Å². The highest BCUT2D eigenvalue weighted by atomic mass is 15.3. The molecule has 0 saturated heterocycles. The Balaban J connectivity index is 2.02. The fraction of sp³-hybridized carbons (Fsp3) is 0.333. The maximum atomic E-state index is 4.31. The predicted molar refractivity (Wildman–Crippen MR) is 62.9 cm³/mol. The van der Waals surface area contributed by atoms with Gasteiger partial charge in [-0.05, 0) is 37.5 Å². The number of anilines is 1. The maximum Gasteiger partial charge on any atom is 0.147 e. The standard InChI is InChI=1S/C12H14N4/c1-9-14-8-16(15-9)11-5-4-10-3-2-6-13-12(10)7-11/h4-5,7-8,13H,2-3,6H2,1H3. The van der Waals surface area contributed by atoms with Gasteiger partial charge in [-0.15, -0.1) is 0 Å². The van der Waals surface area contributed by atoms with E-state index in [4.69, 9.17) is 0 Å². The molecular weight excluding hydrogens is 200 g/mol. The Labute approximate surface area is 94.3 Å². The van der Waals surface area contributed by atoms with Gasteiger partial charge in [0.15, 0.2) is 0 Å². The number of hydrogen-bond acceptors (Lipinski definition) is 3. The Morgan fingerprint density at radius 1 is 1.38 bits per heavy atom. The van der Waals surface area contributed by atoms with Crippen LogP contribution in [0.4, 0.5) is 5.69 Å². The first-order valence-corrected chi connectivity index (χ1v) is 5.58. The van der Waals surface area contributed by atoms with Crippen molar-refractivity contribution in [1.82, 2.24) is 14.8 Å². The summed E-state index contributed by atoms with van der Waals surface area (Å²) in [5.41, 5.74) is 3.69. The summed E-state index contributed by atoms with van der Waals surface area (Å²) in [6, 6.07) is 6.41. The number of nitrogens with one attached hydrogen (secondary N) is 1. The lowest BCUT2D eigenvalue weighted by atomic mass is 10.0. The van der Waals surface area contributed by atoms with Gasteiger partial charge in [-0.1, -0.05) is 6.07 Å². The second kappa shape index (κ2) is 3.63. The Morgan fingerprint density at radius 2 is 2.31 bits per heavy atom. The number of hydrogen-bond donors (Lipinski definition) is 1. The van der Waals surface area contributed by atoms with E-state index in [9.17, 15) is 0 Å². The van der Waals surface area contributed by atoms with Crippen molar-refractivity contribution in [2.24, 2.45) is 0 Å². The molecule has 0 amide bonds. The molecule has 4 heteroatoms. The van der Waals surface area contributed by atoms with E-state index < -0.39 is 0 Å². The summed E-state index contributed by atoms with van der Waals surface area (Å²) in [4.78, 5) is 4.14. The van der Waals surface area contributed by atoms with E-state index in [1.807, 2.05) is 11.6 Å². The smallest absolute Gasteiger partial charge is 0.147 e. The minimum absolute atomic E-state index is 0.797. The molecule has 0 aliphatic carbocycles. The molecule has 0 atom stereocenters. The predicted octanol–water partition coefficient (Wildman–Crippen LogP) is 1.93. The molecule has 2 aromatic rings. The van der Waals surface area contributed by atoms with Crippen LogP contribution < -0.4 is 5.32 Å². The fourth-order valence-corrected chi connectivity index (χ4v) is 2.06. The molecule has 1 aliphatic rings. The molecule has 0 bridgehead atoms. The Kier molecular flexibility index (Phi) is 2.13. The Bertz CT molecular complexity index is 515. The first-order chi connectivity index (χ1) is 7.83. The largest absolute Gasteiger partial charge is 0.385 e. The van der Waals surface area contributed by atoms with Crippen LogP contribution in [0.3, 0.4) is 0 Å². The van der Waals surface area contributed by atoms with Crippen molar-refractivity contribution in [2.75, 3.05) is 11.9 Å². The second-order valence-electron chi connectivity index (χ2n) is 4.11. The monoisotopic (exact) mass is 214 g/mol. The van der Waals surface area contributed by atoms with Crippen molar-refractivity contribution < 1.29 is 0 Å². The van der Waals surface area contributed by atoms with E-state index in [-0.39, 0.29) is 0 Å². The molecular formula is C12H14N4. The van der Waals surface area contributed by atoms with Gasteiger partial charge < -0.3 is 5.32 Å². The molecule has 4 nitrogen and oxygen atoms in total. The lowest BCUT2D eigenvalue weighted by Gasteiger charge is -2.18. The highest BCUT2D eigenvalue weighted by Crippen LogP contribution is 2.24. The van der Waals surface area contributed by atoms with E-state index in [0.29, 0.717) is 0 Å². The van der Waals surface area contributed by atoms with Crippen LogP contribution in [0.25, 0.3) is 5.69 Å². The second-order valence-corrected chi connectivity index (χ2v) is 4.11. The summed E-state index contributed by atoms with van der Waals surface area (Å²) < 4.78 is 1.81. The first-order valence-electron chi connectivity index (χ1n) is 5.58. The van der Waals surface area contributed by atoms with Crippen LogP contribution in [0.2, 0.25) is 0 Å². The van der Waals surface area contributed by atoms with Crippen LogP contribution >= 0.6 is 0 Å². The number of aromatic nitrogens is 3. The van der Waals surface area contributed by atoms with Gasteiger partial charge in [-0.3, -0.25) is 0 Å². The van der Waals surface area contributed by atoms with E-state index in [1.54, 1.807) is 6.33 Å². The van der Waals surface area contributed by atoms with Crippen molar-refractivity contribution in [3.63, 3.8) is 0 Å². The number of fused-ring (bicyclic) bond motifs is 1. The molecule has 0 spiro atoms. The summed E-state index contributed by atoms with van der Waals surface area (Å²) in [5, 5.41) is 7.73. The summed E-state index contributed by atoms with van der Waals surface area (Å²) in [6.45, 7) is 2.96. The van der Waals surface area contributed by atoms with Crippen molar-refractivity contribution in [3.8, 4) is 5.69 Å². The Morgan fingerprint density at radius 3 is 3.12 bits per heavy atom. The lowest BCUT2D eigenvalue weighted by Crippen LogP contribution is -2.12. The zero-order chi connectivity index (χ0) is 11.0. The van der Waals surface area contributed by atoms with Gasteiger partial charge in [0.05, 0.1) is 5.69 Å². The number of nitrogens with zero attached hydrogens (tertiary/aromatic N) is 3. The molecule has 1 aliphatic heterocycles. The number of benzene rings is 1. The molecule has 0 saturated carbocycles. The third kappa shape index (κ3) is 1.56. The van der Waals surface area contributed by atoms with E-state index in [1.165, 1.54) is 24.1 Å². The van der Waals surface area contributed by atoms with Gasteiger partial charge in [0, 0.05) is 12.2 Å². The molecule has 0 fully saturated rings. The molecule has 82 valence electrons. The summed E-state index contributed by atoms with van der Waals surface area (Å²) in [6.07, 6.45) is 4.13. The molecule has 3 rings (SSSR count). The van der Waals surface area contributed by atoms with E-state index in [2.05, 4.69) is 33.6 Å². The fourth-order valence-electron chi connectivity index (χ4n) is 2.06. The van der Waals surface area contributed by atoms with E-state index in [0.717, 1.165) is 18.1 Å². The summed E-state index contributed by atoms with van der Waals surface area (Å²) in [7, 11) is 0. The minimum atomic E-state index is 0.797. The normalized spacial score (nSPS) is 14.3. The average Bonchev–Trinajstić information content (AvgIpc) is 2.75. The van der Waals surface area contributed by atoms with Gasteiger partial charge in [-0.2, -0.15) is 5.10 Å². The number of rotatable bonds is 1. The first kappa shape index (κ1) is 9.39. The molecule has 1 aromatic carbocycles. The van der Waals surface area contributed by atoms with Crippen LogP contribution in [0.1, 0.15) is 17.8 Å². The molecule has 0 radical (unpaired) electrons. The molecule has 0 unspecified atom stereocenters. The van der Waals surface area contributed by atoms with Crippen molar-refractivity contribution >= 4 is 5.69 Å². The van der Waals surface area contributed by atoms with Gasteiger partial charge in [0.1, 0.15) is 12.2 Å². The lowest BCUT2D eigenvalue weighted by molar-refractivity contribution is 0.821. The zero-order valence-corrected chi connectivity index (χ0v) is 9.27. The number of aryl methyl sites for hydroxylation is 2. The summed E-state index contributed by atoms with van der Waals surface area (Å²) in [5.74, 6) is 0.797. The average molecular weight is 214 g/mol. The van der Waals surface area contributed by atoms with Crippen LogP contribution in [0, 0.1) is 6.92 Å². The SMILES string of the molecule is Cc1ncn(-c2ccc3c(c2)NCCC3)n1. The zero-order valence-electron chi connectivity index (χ0n) is 9.27. The van der Waals surface area contributed by atoms with Crippen molar-refractivity contribution in [2.45, 2.75) is 19.8 Å². The Hall–Kier alpha value is -1.84. The summed E-state index contributed by atoms with van der Waals surface area (Å²) >= 11 is 0. The van der Waals surface area contributed by atoms with Crippen LogP contribution in [-0.4, -0.2) is 21.3 Å². The molecule has 1 aromatic heterocycles. The molecule has 16 heavy (non-hydrogen) atoms. The van der Waals surface area contributed by atoms with Crippen LogP contribution in [0.15, 0.2) is 24.5 Å². The van der Waals surface area contributed by atoms with Crippen molar-refractivity contribution in [3.05, 3.63) is 35.9 Å².